The summed E-state index contributed by atoms with van der Waals surface area (Å²) < 4.78 is 3.40. The monoisotopic (exact) mass is 467 g/mol. The molecule has 1 aromatic heterocycles. The number of halogens is 1. The third-order valence-corrected chi connectivity index (χ3v) is 6.58. The third-order valence-electron chi connectivity index (χ3n) is 6.05. The van der Waals surface area contributed by atoms with E-state index in [2.05, 4.69) is 45.6 Å². The van der Waals surface area contributed by atoms with E-state index in [0.717, 1.165) is 34.5 Å². The lowest BCUT2D eigenvalue weighted by Crippen LogP contribution is -2.24. The Morgan fingerprint density at radius 2 is 1.73 bits per heavy atom. The van der Waals surface area contributed by atoms with Gasteiger partial charge in [0, 0.05) is 35.6 Å². The average molecular weight is 468 g/mol. The standard InChI is InChI=1S/C25H30BrN3O/c1-2-3-4-5-6-9-16-28-23-11-8-7-10-22(23)27-25(28)19-17-24(30)29(18-19)21-14-12-20(26)13-15-21/h7-8,10-15,19H,2-6,9,16-18H2,1H3. The number of hydrogen-bond acceptors (Lipinski definition) is 2. The van der Waals surface area contributed by atoms with Crippen molar-refractivity contribution in [3.05, 3.63) is 58.8 Å². The van der Waals surface area contributed by atoms with Crippen molar-refractivity contribution in [3.63, 3.8) is 0 Å². The highest BCUT2D eigenvalue weighted by molar-refractivity contribution is 9.10. The van der Waals surface area contributed by atoms with Gasteiger partial charge in [-0.2, -0.15) is 0 Å². The Balaban J connectivity index is 1.53. The minimum absolute atomic E-state index is 0.133. The van der Waals surface area contributed by atoms with E-state index < -0.39 is 0 Å². The summed E-state index contributed by atoms with van der Waals surface area (Å²) in [6.45, 7) is 3.93. The van der Waals surface area contributed by atoms with Crippen molar-refractivity contribution in [3.8, 4) is 0 Å². The van der Waals surface area contributed by atoms with Crippen LogP contribution < -0.4 is 4.90 Å². The fraction of sp³-hybridized carbons (Fsp3) is 0.440. The van der Waals surface area contributed by atoms with E-state index in [0.29, 0.717) is 13.0 Å². The largest absolute Gasteiger partial charge is 0.328 e. The quantitative estimate of drug-likeness (QED) is 0.329. The van der Waals surface area contributed by atoms with Crippen LogP contribution in [-0.2, 0) is 11.3 Å². The number of fused-ring (bicyclic) bond motifs is 1. The van der Waals surface area contributed by atoms with Gasteiger partial charge in [-0.1, -0.05) is 67.1 Å². The molecule has 1 aliphatic rings. The smallest absolute Gasteiger partial charge is 0.227 e. The molecule has 158 valence electrons. The topological polar surface area (TPSA) is 38.1 Å². The molecule has 30 heavy (non-hydrogen) atoms. The first-order valence-electron chi connectivity index (χ1n) is 11.2. The van der Waals surface area contributed by atoms with Crippen LogP contribution in [0.3, 0.4) is 0 Å². The number of anilines is 1. The maximum Gasteiger partial charge on any atom is 0.227 e. The van der Waals surface area contributed by atoms with Crippen molar-refractivity contribution in [2.45, 2.75) is 64.3 Å². The number of aryl methyl sites for hydroxylation is 1. The lowest BCUT2D eigenvalue weighted by Gasteiger charge is -2.17. The van der Waals surface area contributed by atoms with Gasteiger partial charge in [-0.05, 0) is 42.8 Å². The van der Waals surface area contributed by atoms with Gasteiger partial charge < -0.3 is 9.47 Å². The fourth-order valence-corrected chi connectivity index (χ4v) is 4.71. The molecule has 4 nitrogen and oxygen atoms in total. The second-order valence-corrected chi connectivity index (χ2v) is 9.18. The van der Waals surface area contributed by atoms with Crippen LogP contribution in [0, 0.1) is 0 Å². The Hall–Kier alpha value is -2.14. The molecule has 4 rings (SSSR count). The molecular formula is C25H30BrN3O. The normalized spacial score (nSPS) is 16.7. The van der Waals surface area contributed by atoms with E-state index in [-0.39, 0.29) is 11.8 Å². The molecule has 2 aromatic carbocycles. The Bertz CT molecular complexity index is 995. The second-order valence-electron chi connectivity index (χ2n) is 8.26. The molecular weight excluding hydrogens is 438 g/mol. The van der Waals surface area contributed by atoms with Crippen LogP contribution in [0.25, 0.3) is 11.0 Å². The van der Waals surface area contributed by atoms with Crippen molar-refractivity contribution in [2.75, 3.05) is 11.4 Å². The van der Waals surface area contributed by atoms with Crippen molar-refractivity contribution in [1.82, 2.24) is 9.55 Å². The van der Waals surface area contributed by atoms with Crippen LogP contribution in [0.4, 0.5) is 5.69 Å². The Morgan fingerprint density at radius 1 is 1.00 bits per heavy atom. The second kappa shape index (κ2) is 9.78. The predicted molar refractivity (Wildman–Crippen MR) is 127 cm³/mol. The number of hydrogen-bond donors (Lipinski definition) is 0. The van der Waals surface area contributed by atoms with E-state index >= 15 is 0 Å². The molecule has 1 aliphatic heterocycles. The van der Waals surface area contributed by atoms with E-state index in [1.165, 1.54) is 37.6 Å². The number of carbonyl (C=O) groups excluding carboxylic acids is 1. The maximum absolute atomic E-state index is 12.8. The van der Waals surface area contributed by atoms with Crippen molar-refractivity contribution in [2.24, 2.45) is 0 Å². The van der Waals surface area contributed by atoms with Crippen LogP contribution in [0.5, 0.6) is 0 Å². The van der Waals surface area contributed by atoms with E-state index in [9.17, 15) is 4.79 Å². The number of benzene rings is 2. The molecule has 5 heteroatoms. The first-order chi connectivity index (χ1) is 14.7. The maximum atomic E-state index is 12.8. The number of carbonyl (C=O) groups is 1. The molecule has 0 N–H and O–H groups in total. The molecule has 0 radical (unpaired) electrons. The van der Waals surface area contributed by atoms with Gasteiger partial charge in [0.25, 0.3) is 0 Å². The summed E-state index contributed by atoms with van der Waals surface area (Å²) in [6, 6.07) is 16.4. The highest BCUT2D eigenvalue weighted by atomic mass is 79.9. The third kappa shape index (κ3) is 4.61. The summed E-state index contributed by atoms with van der Waals surface area (Å²) in [5.74, 6) is 1.38. The SMILES string of the molecule is CCCCCCCCn1c(C2CC(=O)N(c3ccc(Br)cc3)C2)nc2ccccc21. The summed E-state index contributed by atoms with van der Waals surface area (Å²) >= 11 is 3.47. The molecule has 1 atom stereocenters. The highest BCUT2D eigenvalue weighted by Gasteiger charge is 2.34. The molecule has 0 aliphatic carbocycles. The van der Waals surface area contributed by atoms with Crippen LogP contribution in [-0.4, -0.2) is 22.0 Å². The van der Waals surface area contributed by atoms with Gasteiger partial charge in [-0.15, -0.1) is 0 Å². The zero-order valence-corrected chi connectivity index (χ0v) is 19.3. The van der Waals surface area contributed by atoms with Gasteiger partial charge >= 0.3 is 0 Å². The average Bonchev–Trinajstić information content (AvgIpc) is 3.32. The first kappa shape index (κ1) is 21.1. The van der Waals surface area contributed by atoms with Crippen LogP contribution in [0.2, 0.25) is 0 Å². The lowest BCUT2D eigenvalue weighted by atomic mass is 10.1. The number of imidazole rings is 1. The predicted octanol–water partition coefficient (Wildman–Crippen LogP) is 6.68. The first-order valence-corrected chi connectivity index (χ1v) is 12.0. The molecule has 1 fully saturated rings. The van der Waals surface area contributed by atoms with E-state index in [1.54, 1.807) is 0 Å². The molecule has 0 bridgehead atoms. The number of nitrogens with zero attached hydrogens (tertiary/aromatic N) is 3. The zero-order chi connectivity index (χ0) is 20.9. The van der Waals surface area contributed by atoms with Gasteiger partial charge in [-0.3, -0.25) is 4.79 Å². The van der Waals surface area contributed by atoms with Crippen LogP contribution in [0.15, 0.2) is 53.0 Å². The number of unbranched alkanes of at least 4 members (excludes halogenated alkanes) is 5. The molecule has 0 spiro atoms. The summed E-state index contributed by atoms with van der Waals surface area (Å²) in [5, 5.41) is 0. The van der Waals surface area contributed by atoms with Crippen molar-refractivity contribution in [1.29, 1.82) is 0 Å². The van der Waals surface area contributed by atoms with Gasteiger partial charge in [0.1, 0.15) is 5.82 Å². The summed E-state index contributed by atoms with van der Waals surface area (Å²) in [7, 11) is 0. The van der Waals surface area contributed by atoms with E-state index in [4.69, 9.17) is 4.98 Å². The zero-order valence-electron chi connectivity index (χ0n) is 17.7. The van der Waals surface area contributed by atoms with Crippen LogP contribution >= 0.6 is 15.9 Å². The van der Waals surface area contributed by atoms with Gasteiger partial charge in [-0.25, -0.2) is 4.98 Å². The fourth-order valence-electron chi connectivity index (χ4n) is 4.44. The van der Waals surface area contributed by atoms with Gasteiger partial charge in [0.15, 0.2) is 0 Å². The van der Waals surface area contributed by atoms with Gasteiger partial charge in [0.2, 0.25) is 5.91 Å². The summed E-state index contributed by atoms with van der Waals surface area (Å²) in [6.07, 6.45) is 8.17. The molecule has 1 saturated heterocycles. The van der Waals surface area contributed by atoms with E-state index in [1.807, 2.05) is 35.2 Å². The molecule has 2 heterocycles. The lowest BCUT2D eigenvalue weighted by molar-refractivity contribution is -0.117. The number of rotatable bonds is 9. The number of amides is 1. The Labute approximate surface area is 187 Å². The molecule has 3 aromatic rings. The molecule has 0 saturated carbocycles. The Morgan fingerprint density at radius 3 is 2.53 bits per heavy atom. The van der Waals surface area contributed by atoms with Gasteiger partial charge in [0.05, 0.1) is 11.0 Å². The molecule has 1 unspecified atom stereocenters. The van der Waals surface area contributed by atoms with Crippen molar-refractivity contribution < 1.29 is 4.79 Å². The minimum Gasteiger partial charge on any atom is -0.328 e. The highest BCUT2D eigenvalue weighted by Crippen LogP contribution is 2.33. The minimum atomic E-state index is 0.133. The number of aromatic nitrogens is 2. The van der Waals surface area contributed by atoms with Crippen molar-refractivity contribution >= 4 is 38.6 Å². The summed E-state index contributed by atoms with van der Waals surface area (Å²) in [4.78, 5) is 19.7. The Kier molecular flexibility index (Phi) is 6.88. The molecule has 1 amide bonds. The van der Waals surface area contributed by atoms with Crippen LogP contribution in [0.1, 0.15) is 63.6 Å². The summed E-state index contributed by atoms with van der Waals surface area (Å²) in [5.41, 5.74) is 3.19. The number of para-hydroxylation sites is 2.